The Morgan fingerprint density at radius 2 is 1.11 bits per heavy atom. The maximum Gasteiger partial charge on any atom is 1.00 e. The fraction of sp³-hybridized carbons (Fsp3) is 0.909. The third-order valence-corrected chi connectivity index (χ3v) is 5.02. The average Bonchev–Trinajstić information content (AvgIpc) is 2.56. The van der Waals surface area contributed by atoms with Crippen LogP contribution in [0.3, 0.4) is 0 Å². The van der Waals surface area contributed by atoms with E-state index in [0.717, 1.165) is 44.9 Å². The number of esters is 1. The summed E-state index contributed by atoms with van der Waals surface area (Å²) in [6.07, 6.45) is 16.9. The summed E-state index contributed by atoms with van der Waals surface area (Å²) in [6.45, 7) is 6.33. The number of carboxylic acids is 1. The van der Waals surface area contributed by atoms with Gasteiger partial charge in [0.15, 0.2) is 0 Å². The summed E-state index contributed by atoms with van der Waals surface area (Å²) in [5.41, 5.74) is -0.540. The molecule has 0 aliphatic rings. The minimum absolute atomic E-state index is 0. The normalized spacial score (nSPS) is 12.9. The van der Waals surface area contributed by atoms with Crippen LogP contribution < -0.4 is 34.7 Å². The maximum absolute atomic E-state index is 11.7. The molecular weight excluding hydrogens is 351 g/mol. The molecule has 1 atom stereocenters. The summed E-state index contributed by atoms with van der Waals surface area (Å²) in [5.74, 6) is -2.04. The Labute approximate surface area is 189 Å². The Morgan fingerprint density at radius 3 is 1.56 bits per heavy atom. The van der Waals surface area contributed by atoms with Gasteiger partial charge in [-0.15, -0.1) is 0 Å². The second-order valence-corrected chi connectivity index (χ2v) is 7.86. The summed E-state index contributed by atoms with van der Waals surface area (Å²) in [5, 5.41) is 10.6. The minimum Gasteiger partial charge on any atom is -0.550 e. The van der Waals surface area contributed by atoms with Gasteiger partial charge in [0.05, 0.1) is 12.4 Å². The maximum atomic E-state index is 11.7. The second kappa shape index (κ2) is 19.3. The first-order valence-corrected chi connectivity index (χ1v) is 10.8. The van der Waals surface area contributed by atoms with Gasteiger partial charge >= 0.3 is 35.5 Å². The molecule has 0 amide bonds. The van der Waals surface area contributed by atoms with E-state index in [9.17, 15) is 14.7 Å². The molecule has 0 rings (SSSR count). The van der Waals surface area contributed by atoms with Gasteiger partial charge < -0.3 is 14.6 Å². The molecule has 0 fully saturated rings. The summed E-state index contributed by atoms with van der Waals surface area (Å²) in [4.78, 5) is 22.3. The molecule has 0 radical (unpaired) electrons. The summed E-state index contributed by atoms with van der Waals surface area (Å²) >= 11 is 0. The van der Waals surface area contributed by atoms with Crippen LogP contribution >= 0.6 is 0 Å². The van der Waals surface area contributed by atoms with Gasteiger partial charge in [0.25, 0.3) is 0 Å². The van der Waals surface area contributed by atoms with Crippen LogP contribution in [0.4, 0.5) is 0 Å². The number of carbonyl (C=O) groups excluding carboxylic acids is 2. The molecule has 0 bridgehead atoms. The average molecular weight is 393 g/mol. The molecule has 1 unspecified atom stereocenters. The Kier molecular flexibility index (Phi) is 20.8. The molecule has 0 aliphatic heterocycles. The van der Waals surface area contributed by atoms with Crippen molar-refractivity contribution in [3.63, 3.8) is 0 Å². The van der Waals surface area contributed by atoms with Crippen LogP contribution in [0.5, 0.6) is 0 Å². The largest absolute Gasteiger partial charge is 1.00 e. The third kappa shape index (κ3) is 19.0. The van der Waals surface area contributed by atoms with Gasteiger partial charge in [-0.2, -0.15) is 0 Å². The molecule has 154 valence electrons. The van der Waals surface area contributed by atoms with Crippen molar-refractivity contribution < 1.29 is 49.0 Å². The molecule has 0 aromatic carbocycles. The molecule has 0 N–H and O–H groups in total. The van der Waals surface area contributed by atoms with Crippen LogP contribution in [0.1, 0.15) is 124 Å². The van der Waals surface area contributed by atoms with Crippen molar-refractivity contribution in [2.45, 2.75) is 129 Å². The number of carbonyl (C=O) groups is 2. The Balaban J connectivity index is 0. The molecule has 0 aliphatic carbocycles. The molecular formula is C22H41NaO4. The SMILES string of the molecule is CCCCCCCCCCCCC(C)(CCCCC)OC(=O)CC(=O)[O-].[Na+]. The second-order valence-electron chi connectivity index (χ2n) is 7.86. The number of ether oxygens (including phenoxy) is 1. The van der Waals surface area contributed by atoms with Gasteiger partial charge in [-0.3, -0.25) is 4.79 Å². The van der Waals surface area contributed by atoms with E-state index in [1.807, 2.05) is 6.92 Å². The van der Waals surface area contributed by atoms with Gasteiger partial charge in [-0.05, 0) is 32.6 Å². The van der Waals surface area contributed by atoms with E-state index < -0.39 is 24.0 Å². The molecule has 0 aromatic rings. The number of aliphatic carboxylic acids is 1. The van der Waals surface area contributed by atoms with Crippen LogP contribution in [0.25, 0.3) is 0 Å². The molecule has 0 saturated carbocycles. The van der Waals surface area contributed by atoms with E-state index in [-0.39, 0.29) is 29.6 Å². The van der Waals surface area contributed by atoms with Crippen molar-refractivity contribution >= 4 is 11.9 Å². The predicted molar refractivity (Wildman–Crippen MR) is 105 cm³/mol. The summed E-state index contributed by atoms with van der Waals surface area (Å²) < 4.78 is 5.52. The van der Waals surface area contributed by atoms with Crippen molar-refractivity contribution in [3.8, 4) is 0 Å². The van der Waals surface area contributed by atoms with E-state index in [1.165, 1.54) is 51.4 Å². The number of carboxylic acid groups (broad SMARTS) is 1. The van der Waals surface area contributed by atoms with E-state index in [2.05, 4.69) is 13.8 Å². The molecule has 5 heteroatoms. The number of unbranched alkanes of at least 4 members (excludes halogenated alkanes) is 11. The standard InChI is InChI=1S/C22H42O4.Na/c1-4-6-8-9-10-11-12-13-14-16-18-22(3,17-15-7-5-2)26-21(25)19-20(23)24;/h4-19H2,1-3H3,(H,23,24);/q;+1/p-1. The van der Waals surface area contributed by atoms with Crippen molar-refractivity contribution in [2.24, 2.45) is 0 Å². The first kappa shape index (κ1) is 29.1. The molecule has 0 aromatic heterocycles. The van der Waals surface area contributed by atoms with Crippen LogP contribution in [-0.4, -0.2) is 17.5 Å². The molecule has 4 nitrogen and oxygen atoms in total. The quantitative estimate of drug-likeness (QED) is 0.155. The first-order valence-electron chi connectivity index (χ1n) is 10.8. The smallest absolute Gasteiger partial charge is 0.550 e. The summed E-state index contributed by atoms with van der Waals surface area (Å²) in [7, 11) is 0. The van der Waals surface area contributed by atoms with Crippen LogP contribution in [0.2, 0.25) is 0 Å². The number of hydrogen-bond acceptors (Lipinski definition) is 4. The zero-order valence-corrected chi connectivity index (χ0v) is 20.4. The Morgan fingerprint density at radius 1 is 0.741 bits per heavy atom. The topological polar surface area (TPSA) is 66.4 Å². The fourth-order valence-electron chi connectivity index (χ4n) is 3.39. The summed E-state index contributed by atoms with van der Waals surface area (Å²) in [6, 6.07) is 0. The van der Waals surface area contributed by atoms with Crippen molar-refractivity contribution in [1.82, 2.24) is 0 Å². The molecule has 0 spiro atoms. The van der Waals surface area contributed by atoms with Gasteiger partial charge in [-0.1, -0.05) is 84.5 Å². The third-order valence-electron chi connectivity index (χ3n) is 5.02. The number of rotatable bonds is 18. The molecule has 27 heavy (non-hydrogen) atoms. The van der Waals surface area contributed by atoms with Crippen molar-refractivity contribution in [2.75, 3.05) is 0 Å². The van der Waals surface area contributed by atoms with Crippen molar-refractivity contribution in [1.29, 1.82) is 0 Å². The van der Waals surface area contributed by atoms with Gasteiger partial charge in [0.1, 0.15) is 5.60 Å². The fourth-order valence-corrected chi connectivity index (χ4v) is 3.39. The van der Waals surface area contributed by atoms with E-state index in [1.54, 1.807) is 0 Å². The Bertz CT molecular complexity index is 373. The number of hydrogen-bond donors (Lipinski definition) is 0. The first-order chi connectivity index (χ1) is 12.4. The zero-order chi connectivity index (χ0) is 19.7. The van der Waals surface area contributed by atoms with Crippen LogP contribution in [-0.2, 0) is 14.3 Å². The van der Waals surface area contributed by atoms with Crippen LogP contribution in [0.15, 0.2) is 0 Å². The van der Waals surface area contributed by atoms with Gasteiger partial charge in [0.2, 0.25) is 0 Å². The molecule has 0 saturated heterocycles. The predicted octanol–water partition coefficient (Wildman–Crippen LogP) is 2.32. The van der Waals surface area contributed by atoms with E-state index in [0.29, 0.717) is 0 Å². The zero-order valence-electron chi connectivity index (χ0n) is 18.4. The minimum atomic E-state index is -1.37. The van der Waals surface area contributed by atoms with E-state index in [4.69, 9.17) is 4.74 Å². The van der Waals surface area contributed by atoms with Crippen LogP contribution in [0, 0.1) is 0 Å². The van der Waals surface area contributed by atoms with Gasteiger partial charge in [-0.25, -0.2) is 0 Å². The van der Waals surface area contributed by atoms with Crippen molar-refractivity contribution in [3.05, 3.63) is 0 Å². The monoisotopic (exact) mass is 392 g/mol. The molecule has 0 heterocycles. The Hall–Kier alpha value is -0.0600. The van der Waals surface area contributed by atoms with E-state index >= 15 is 0 Å². The van der Waals surface area contributed by atoms with Gasteiger partial charge in [0, 0.05) is 0 Å².